The minimum absolute atomic E-state index is 0.0288. The monoisotopic (exact) mass is 312 g/mol. The fraction of sp³-hybridized carbons (Fsp3) is 0.222. The summed E-state index contributed by atoms with van der Waals surface area (Å²) in [6, 6.07) is 9.40. The number of Topliss-reactive ketones (excluding diaryl/α,β-unsaturated/α-hetero) is 1. The molecule has 3 rings (SSSR count). The van der Waals surface area contributed by atoms with Gasteiger partial charge in [0.2, 0.25) is 0 Å². The van der Waals surface area contributed by atoms with Crippen LogP contribution >= 0.6 is 0 Å². The highest BCUT2D eigenvalue weighted by Gasteiger charge is 2.34. The molecule has 0 spiro atoms. The van der Waals surface area contributed by atoms with Crippen LogP contribution in [0.25, 0.3) is 0 Å². The molecule has 2 aromatic rings. The molecule has 1 heterocycles. The van der Waals surface area contributed by atoms with Gasteiger partial charge in [-0.3, -0.25) is 9.59 Å². The smallest absolute Gasteiger partial charge is 0.174 e. The molecule has 1 aliphatic heterocycles. The summed E-state index contributed by atoms with van der Waals surface area (Å²) in [6.45, 7) is 1.70. The molecule has 1 atom stereocenters. The number of hydrogen-bond acceptors (Lipinski definition) is 5. The van der Waals surface area contributed by atoms with Gasteiger partial charge in [0.25, 0.3) is 0 Å². The van der Waals surface area contributed by atoms with Crippen molar-refractivity contribution in [1.82, 2.24) is 0 Å². The Morgan fingerprint density at radius 3 is 2.61 bits per heavy atom. The first-order valence-corrected chi connectivity index (χ1v) is 7.22. The van der Waals surface area contributed by atoms with E-state index in [1.807, 2.05) is 30.3 Å². The van der Waals surface area contributed by atoms with E-state index in [0.717, 1.165) is 5.56 Å². The molecule has 1 aliphatic rings. The van der Waals surface area contributed by atoms with E-state index in [1.54, 1.807) is 6.92 Å². The molecule has 0 saturated carbocycles. The maximum atomic E-state index is 12.5. The molecule has 23 heavy (non-hydrogen) atoms. The average Bonchev–Trinajstić information content (AvgIpc) is 2.57. The Hall–Kier alpha value is -2.82. The lowest BCUT2D eigenvalue weighted by Gasteiger charge is -2.28. The van der Waals surface area contributed by atoms with Crippen LogP contribution in [0.3, 0.4) is 0 Å². The van der Waals surface area contributed by atoms with Crippen molar-refractivity contribution >= 4 is 12.1 Å². The van der Waals surface area contributed by atoms with Gasteiger partial charge in [-0.1, -0.05) is 30.3 Å². The normalized spacial score (nSPS) is 16.4. The van der Waals surface area contributed by atoms with Crippen molar-refractivity contribution < 1.29 is 24.2 Å². The number of ketones is 1. The minimum atomic E-state index is -0.430. The van der Waals surface area contributed by atoms with E-state index >= 15 is 0 Å². The Morgan fingerprint density at radius 2 is 2.00 bits per heavy atom. The number of hydrogen-bond donors (Lipinski definition) is 1. The van der Waals surface area contributed by atoms with E-state index in [-0.39, 0.29) is 40.6 Å². The van der Waals surface area contributed by atoms with Crippen molar-refractivity contribution in [3.05, 3.63) is 52.6 Å². The molecular weight excluding hydrogens is 296 g/mol. The summed E-state index contributed by atoms with van der Waals surface area (Å²) in [5, 5.41) is 10.3. The van der Waals surface area contributed by atoms with Gasteiger partial charge in [0, 0.05) is 5.56 Å². The number of methoxy groups -OCH3 is 1. The number of carbonyl (C=O) groups excluding carboxylic acids is 2. The van der Waals surface area contributed by atoms with Crippen molar-refractivity contribution in [1.29, 1.82) is 0 Å². The van der Waals surface area contributed by atoms with Crippen LogP contribution in [0.1, 0.15) is 44.4 Å². The predicted molar refractivity (Wildman–Crippen MR) is 83.5 cm³/mol. The molecule has 0 radical (unpaired) electrons. The van der Waals surface area contributed by atoms with E-state index < -0.39 is 6.10 Å². The van der Waals surface area contributed by atoms with E-state index in [2.05, 4.69) is 0 Å². The zero-order valence-corrected chi connectivity index (χ0v) is 12.8. The highest BCUT2D eigenvalue weighted by molar-refractivity contribution is 6.06. The van der Waals surface area contributed by atoms with Crippen LogP contribution in [-0.2, 0) is 0 Å². The van der Waals surface area contributed by atoms with Crippen LogP contribution in [0.15, 0.2) is 30.3 Å². The quantitative estimate of drug-likeness (QED) is 0.881. The number of fused-ring (bicyclic) bond motifs is 1. The Kier molecular flexibility index (Phi) is 3.78. The van der Waals surface area contributed by atoms with Crippen molar-refractivity contribution in [2.75, 3.05) is 7.11 Å². The number of benzene rings is 2. The summed E-state index contributed by atoms with van der Waals surface area (Å²) in [4.78, 5) is 23.8. The van der Waals surface area contributed by atoms with Crippen LogP contribution in [0, 0.1) is 6.92 Å². The topological polar surface area (TPSA) is 72.8 Å². The standard InChI is InChI=1S/C18H16O5/c1-10-17(22-2)12(9-19)16(21)15-13(20)8-14(23-18(10)15)11-6-4-3-5-7-11/h3-7,9,14,21H,8H2,1-2H3/t14-/m1/s1. The Labute approximate surface area is 133 Å². The van der Waals surface area contributed by atoms with Crippen LogP contribution in [-0.4, -0.2) is 24.3 Å². The van der Waals surface area contributed by atoms with E-state index in [9.17, 15) is 14.7 Å². The van der Waals surface area contributed by atoms with Crippen LogP contribution in [0.4, 0.5) is 0 Å². The lowest BCUT2D eigenvalue weighted by molar-refractivity contribution is 0.0842. The number of carbonyl (C=O) groups is 2. The van der Waals surface area contributed by atoms with Crippen molar-refractivity contribution in [3.8, 4) is 17.2 Å². The fourth-order valence-electron chi connectivity index (χ4n) is 2.93. The summed E-state index contributed by atoms with van der Waals surface area (Å²) in [6.07, 6.45) is 0.160. The maximum absolute atomic E-state index is 12.5. The number of aldehydes is 1. The molecule has 0 aromatic heterocycles. The zero-order chi connectivity index (χ0) is 16.6. The molecule has 5 heteroatoms. The van der Waals surface area contributed by atoms with E-state index in [1.165, 1.54) is 7.11 Å². The Balaban J connectivity index is 2.16. The predicted octanol–water partition coefficient (Wildman–Crippen LogP) is 3.23. The highest BCUT2D eigenvalue weighted by atomic mass is 16.5. The van der Waals surface area contributed by atoms with Crippen molar-refractivity contribution in [2.45, 2.75) is 19.4 Å². The molecular formula is C18H16O5. The average molecular weight is 312 g/mol. The summed E-state index contributed by atoms with van der Waals surface area (Å²) >= 11 is 0. The molecule has 118 valence electrons. The number of phenols is 1. The van der Waals surface area contributed by atoms with Crippen LogP contribution in [0.5, 0.6) is 17.2 Å². The third kappa shape index (κ3) is 2.34. The molecule has 0 unspecified atom stereocenters. The van der Waals surface area contributed by atoms with Crippen molar-refractivity contribution in [2.24, 2.45) is 0 Å². The maximum Gasteiger partial charge on any atom is 0.174 e. The van der Waals surface area contributed by atoms with Gasteiger partial charge in [-0.15, -0.1) is 0 Å². The van der Waals surface area contributed by atoms with Gasteiger partial charge in [0.05, 0.1) is 19.1 Å². The summed E-state index contributed by atoms with van der Waals surface area (Å²) in [5.74, 6) is -0.145. The van der Waals surface area contributed by atoms with Gasteiger partial charge in [0.1, 0.15) is 28.9 Å². The first-order chi connectivity index (χ1) is 11.1. The van der Waals surface area contributed by atoms with E-state index in [0.29, 0.717) is 11.8 Å². The number of ether oxygens (including phenoxy) is 2. The molecule has 5 nitrogen and oxygen atoms in total. The Morgan fingerprint density at radius 1 is 1.30 bits per heavy atom. The minimum Gasteiger partial charge on any atom is -0.506 e. The first-order valence-electron chi connectivity index (χ1n) is 7.22. The van der Waals surface area contributed by atoms with Crippen LogP contribution < -0.4 is 9.47 Å². The summed E-state index contributed by atoms with van der Waals surface area (Å²) < 4.78 is 11.2. The number of aromatic hydroxyl groups is 1. The van der Waals surface area contributed by atoms with Gasteiger partial charge >= 0.3 is 0 Å². The zero-order valence-electron chi connectivity index (χ0n) is 12.8. The SMILES string of the molecule is COc1c(C)c2c(c(O)c1C=O)C(=O)C[C@H](c1ccccc1)O2. The second-order valence-electron chi connectivity index (χ2n) is 5.39. The largest absolute Gasteiger partial charge is 0.506 e. The summed E-state index contributed by atoms with van der Waals surface area (Å²) in [5.41, 5.74) is 1.43. The molecule has 2 aromatic carbocycles. The fourth-order valence-corrected chi connectivity index (χ4v) is 2.93. The van der Waals surface area contributed by atoms with Crippen LogP contribution in [0.2, 0.25) is 0 Å². The number of phenolic OH excluding ortho intramolecular Hbond substituents is 1. The van der Waals surface area contributed by atoms with Gasteiger partial charge in [-0.25, -0.2) is 0 Å². The van der Waals surface area contributed by atoms with Gasteiger partial charge in [-0.2, -0.15) is 0 Å². The molecule has 0 saturated heterocycles. The summed E-state index contributed by atoms with van der Waals surface area (Å²) in [7, 11) is 1.40. The third-order valence-electron chi connectivity index (χ3n) is 4.05. The van der Waals surface area contributed by atoms with E-state index in [4.69, 9.17) is 9.47 Å². The molecule has 0 amide bonds. The van der Waals surface area contributed by atoms with Gasteiger partial charge in [-0.05, 0) is 12.5 Å². The number of rotatable bonds is 3. The molecule has 1 N–H and O–H groups in total. The van der Waals surface area contributed by atoms with Crippen molar-refractivity contribution in [3.63, 3.8) is 0 Å². The molecule has 0 bridgehead atoms. The lowest BCUT2D eigenvalue weighted by Crippen LogP contribution is -2.22. The Bertz CT molecular complexity index is 780. The second-order valence-corrected chi connectivity index (χ2v) is 5.39. The molecule has 0 aliphatic carbocycles. The third-order valence-corrected chi connectivity index (χ3v) is 4.05. The van der Waals surface area contributed by atoms with Gasteiger partial charge in [0.15, 0.2) is 12.1 Å². The first kappa shape index (κ1) is 15.1. The highest BCUT2D eigenvalue weighted by Crippen LogP contribution is 2.47. The molecule has 0 fully saturated rings. The lowest BCUT2D eigenvalue weighted by atomic mass is 9.91. The van der Waals surface area contributed by atoms with Gasteiger partial charge < -0.3 is 14.6 Å². The second kappa shape index (κ2) is 5.76.